The molecule has 3 rings (SSSR count). The standard InChI is InChI=1S/C17H15N5O2S/c18-16(23)21-19-11-14-15(20-17(24)25-14)22-8-6-13(7-9-22)10-12-4-2-1-3-5-12/h1-9,11H,10H2,(H3-,18,19,20,21,23,24). The Balaban J connectivity index is 1.84. The van der Waals surface area contributed by atoms with Crippen LogP contribution in [0, 0.1) is 0 Å². The minimum absolute atomic E-state index is 0.226. The van der Waals surface area contributed by atoms with Gasteiger partial charge in [-0.2, -0.15) is 10.1 Å². The van der Waals surface area contributed by atoms with E-state index in [1.165, 1.54) is 11.8 Å². The van der Waals surface area contributed by atoms with E-state index in [1.54, 1.807) is 4.57 Å². The van der Waals surface area contributed by atoms with Crippen LogP contribution in [0.2, 0.25) is 0 Å². The van der Waals surface area contributed by atoms with Gasteiger partial charge in [0, 0.05) is 0 Å². The Morgan fingerprint density at radius 1 is 1.20 bits per heavy atom. The van der Waals surface area contributed by atoms with Crippen molar-refractivity contribution in [2.75, 3.05) is 0 Å². The maximum absolute atomic E-state index is 11.7. The van der Waals surface area contributed by atoms with Gasteiger partial charge in [-0.1, -0.05) is 30.3 Å². The molecular weight excluding hydrogens is 338 g/mol. The molecule has 0 radical (unpaired) electrons. The third-order valence-electron chi connectivity index (χ3n) is 3.40. The number of amidine groups is 1. The zero-order chi connectivity index (χ0) is 17.6. The first-order valence-electron chi connectivity index (χ1n) is 7.43. The number of aromatic nitrogens is 2. The summed E-state index contributed by atoms with van der Waals surface area (Å²) in [6, 6.07) is 13.2. The highest BCUT2D eigenvalue weighted by atomic mass is 32.1. The van der Waals surface area contributed by atoms with Gasteiger partial charge in [0.2, 0.25) is 0 Å². The van der Waals surface area contributed by atoms with Crippen LogP contribution in [0.5, 0.6) is 0 Å². The van der Waals surface area contributed by atoms with E-state index in [9.17, 15) is 9.90 Å². The molecule has 2 aromatic heterocycles. The molecule has 7 nitrogen and oxygen atoms in total. The molecule has 0 amide bonds. The van der Waals surface area contributed by atoms with Crippen molar-refractivity contribution in [2.24, 2.45) is 15.9 Å². The second-order valence-corrected chi connectivity index (χ2v) is 6.20. The van der Waals surface area contributed by atoms with Crippen LogP contribution >= 0.6 is 11.3 Å². The predicted octanol–water partition coefficient (Wildman–Crippen LogP) is 0.313. The lowest BCUT2D eigenvalue weighted by Gasteiger charge is -2.02. The topological polar surface area (TPSA) is 111 Å². The first-order chi connectivity index (χ1) is 12.1. The second kappa shape index (κ2) is 7.54. The molecule has 3 N–H and O–H groups in total. The van der Waals surface area contributed by atoms with Gasteiger partial charge in [0.05, 0.1) is 24.6 Å². The summed E-state index contributed by atoms with van der Waals surface area (Å²) in [5.41, 5.74) is 7.28. The van der Waals surface area contributed by atoms with Gasteiger partial charge in [-0.25, -0.2) is 9.36 Å². The normalized spacial score (nSPS) is 11.9. The lowest BCUT2D eigenvalue weighted by atomic mass is 10.1. The SMILES string of the molecule is N/C([O-])=N/N=C/c1sc(=O)[nH]c1-[n+]1ccc(Cc2ccccc2)cc1. The molecular formula is C17H15N5O2S. The molecule has 0 saturated heterocycles. The molecule has 0 spiro atoms. The molecule has 1 aromatic carbocycles. The van der Waals surface area contributed by atoms with E-state index >= 15 is 0 Å². The highest BCUT2D eigenvalue weighted by molar-refractivity contribution is 7.11. The Labute approximate surface area is 147 Å². The van der Waals surface area contributed by atoms with Gasteiger partial charge in [0.15, 0.2) is 0 Å². The van der Waals surface area contributed by atoms with Crippen molar-refractivity contribution < 1.29 is 9.67 Å². The van der Waals surface area contributed by atoms with Crippen molar-refractivity contribution in [2.45, 2.75) is 6.42 Å². The fourth-order valence-electron chi connectivity index (χ4n) is 2.31. The smallest absolute Gasteiger partial charge is 0.390 e. The predicted molar refractivity (Wildman–Crippen MR) is 94.9 cm³/mol. The number of benzene rings is 1. The highest BCUT2D eigenvalue weighted by Crippen LogP contribution is 2.10. The largest absolute Gasteiger partial charge is 0.845 e. The average Bonchev–Trinajstić information content (AvgIpc) is 2.97. The van der Waals surface area contributed by atoms with Crippen molar-refractivity contribution in [3.8, 4) is 5.82 Å². The summed E-state index contributed by atoms with van der Waals surface area (Å²) in [5.74, 6) is 0.560. The van der Waals surface area contributed by atoms with Gasteiger partial charge in [0.1, 0.15) is 4.88 Å². The first kappa shape index (κ1) is 16.6. The van der Waals surface area contributed by atoms with Gasteiger partial charge in [-0.3, -0.25) is 0 Å². The lowest BCUT2D eigenvalue weighted by molar-refractivity contribution is -0.599. The zero-order valence-corrected chi connectivity index (χ0v) is 13.9. The molecule has 126 valence electrons. The van der Waals surface area contributed by atoms with E-state index in [0.717, 1.165) is 23.3 Å². The number of nitrogens with zero attached hydrogens (tertiary/aromatic N) is 3. The molecule has 0 aliphatic heterocycles. The Morgan fingerprint density at radius 2 is 1.88 bits per heavy atom. The Morgan fingerprint density at radius 3 is 2.56 bits per heavy atom. The van der Waals surface area contributed by atoms with E-state index in [1.807, 2.05) is 42.7 Å². The molecule has 25 heavy (non-hydrogen) atoms. The molecule has 0 atom stereocenters. The maximum Gasteiger partial charge on any atom is 0.390 e. The van der Waals surface area contributed by atoms with Crippen molar-refractivity contribution >= 4 is 23.6 Å². The van der Waals surface area contributed by atoms with Gasteiger partial charge in [0.25, 0.3) is 0 Å². The fraction of sp³-hybridized carbons (Fsp3) is 0.0588. The summed E-state index contributed by atoms with van der Waals surface area (Å²) in [7, 11) is 0. The number of pyridine rings is 1. The average molecular weight is 353 g/mol. The Bertz CT molecular complexity index is 955. The number of hydrogen-bond acceptors (Lipinski definition) is 5. The third kappa shape index (κ3) is 4.39. The van der Waals surface area contributed by atoms with Crippen LogP contribution in [0.1, 0.15) is 16.0 Å². The third-order valence-corrected chi connectivity index (χ3v) is 4.20. The summed E-state index contributed by atoms with van der Waals surface area (Å²) in [6.07, 6.45) is 5.87. The monoisotopic (exact) mass is 353 g/mol. The quantitative estimate of drug-likeness (QED) is 0.298. The molecule has 3 aromatic rings. The summed E-state index contributed by atoms with van der Waals surface area (Å²) >= 11 is 0.974. The molecule has 0 unspecified atom stereocenters. The molecule has 2 heterocycles. The molecule has 0 aliphatic carbocycles. The van der Waals surface area contributed by atoms with Crippen molar-refractivity contribution in [3.63, 3.8) is 0 Å². The molecule has 0 saturated carbocycles. The van der Waals surface area contributed by atoms with Crippen molar-refractivity contribution in [1.29, 1.82) is 0 Å². The van der Waals surface area contributed by atoms with Crippen LogP contribution in [0.15, 0.2) is 69.9 Å². The van der Waals surface area contributed by atoms with Crippen molar-refractivity contribution in [1.82, 2.24) is 4.98 Å². The van der Waals surface area contributed by atoms with E-state index in [0.29, 0.717) is 10.7 Å². The van der Waals surface area contributed by atoms with Crippen LogP contribution in [0.25, 0.3) is 5.82 Å². The van der Waals surface area contributed by atoms with E-state index in [4.69, 9.17) is 5.73 Å². The van der Waals surface area contributed by atoms with Gasteiger partial charge >= 0.3 is 10.7 Å². The number of aromatic amines is 1. The molecule has 0 bridgehead atoms. The minimum Gasteiger partial charge on any atom is -0.845 e. The second-order valence-electron chi connectivity index (χ2n) is 5.19. The first-order valence-corrected chi connectivity index (χ1v) is 8.24. The molecule has 0 aliphatic rings. The van der Waals surface area contributed by atoms with Crippen LogP contribution in [-0.4, -0.2) is 17.2 Å². The van der Waals surface area contributed by atoms with Crippen LogP contribution in [0.3, 0.4) is 0 Å². The summed E-state index contributed by atoms with van der Waals surface area (Å²) in [5, 5.41) is 17.4. The van der Waals surface area contributed by atoms with Crippen LogP contribution in [0.4, 0.5) is 0 Å². The number of thiazole rings is 1. The minimum atomic E-state index is -0.890. The van der Waals surface area contributed by atoms with Gasteiger partial charge < -0.3 is 10.8 Å². The van der Waals surface area contributed by atoms with E-state index in [-0.39, 0.29) is 4.87 Å². The van der Waals surface area contributed by atoms with Gasteiger partial charge in [-0.05, 0) is 41.0 Å². The zero-order valence-electron chi connectivity index (χ0n) is 13.1. The molecule has 8 heteroatoms. The lowest BCUT2D eigenvalue weighted by Crippen LogP contribution is -2.32. The Hall–Kier alpha value is -3.26. The fourth-order valence-corrected chi connectivity index (χ4v) is 3.01. The van der Waals surface area contributed by atoms with Crippen LogP contribution < -0.4 is 20.3 Å². The number of nitrogens with one attached hydrogen (secondary N) is 1. The number of rotatable bonds is 5. The summed E-state index contributed by atoms with van der Waals surface area (Å²) < 4.78 is 1.78. The van der Waals surface area contributed by atoms with E-state index < -0.39 is 6.02 Å². The van der Waals surface area contributed by atoms with Crippen LogP contribution in [-0.2, 0) is 6.42 Å². The van der Waals surface area contributed by atoms with E-state index in [2.05, 4.69) is 27.3 Å². The summed E-state index contributed by atoms with van der Waals surface area (Å²) in [6.45, 7) is 0. The Kier molecular flexibility index (Phi) is 5.00. The van der Waals surface area contributed by atoms with Gasteiger partial charge in [-0.15, -0.1) is 5.10 Å². The highest BCUT2D eigenvalue weighted by Gasteiger charge is 2.16. The number of hydrogen-bond donors (Lipinski definition) is 2. The number of H-pyrrole nitrogens is 1. The molecule has 0 fully saturated rings. The summed E-state index contributed by atoms with van der Waals surface area (Å²) in [4.78, 5) is 14.7. The number of nitrogens with two attached hydrogens (primary N) is 1. The van der Waals surface area contributed by atoms with Crippen molar-refractivity contribution in [3.05, 3.63) is 80.5 Å². The maximum atomic E-state index is 11.7.